The number of rotatable bonds is 6. The standard InChI is InChI=1S/C18H27N3O2.ClH/c1-3-4-7-17(22)21-16-9-8-15(11-13(16)2)20-18(23)14-6-5-10-19-12-14;/h8-9,11,14,19H,3-7,10,12H2,1-2H3,(H,20,23)(H,21,22);1H/t14-;/m0./s1. The van der Waals surface area contributed by atoms with Gasteiger partial charge < -0.3 is 16.0 Å². The first kappa shape index (κ1) is 20.5. The molecule has 134 valence electrons. The Labute approximate surface area is 150 Å². The number of aryl methyl sites for hydroxylation is 1. The van der Waals surface area contributed by atoms with E-state index in [1.807, 2.05) is 25.1 Å². The van der Waals surface area contributed by atoms with Crippen LogP contribution in [0, 0.1) is 12.8 Å². The number of carbonyl (C=O) groups is 2. The number of benzene rings is 1. The summed E-state index contributed by atoms with van der Waals surface area (Å²) in [6.07, 6.45) is 4.42. The Hall–Kier alpha value is -1.59. The molecule has 0 spiro atoms. The molecule has 5 nitrogen and oxygen atoms in total. The van der Waals surface area contributed by atoms with Crippen molar-refractivity contribution in [1.29, 1.82) is 0 Å². The van der Waals surface area contributed by atoms with Crippen LogP contribution in [0.15, 0.2) is 18.2 Å². The van der Waals surface area contributed by atoms with Crippen molar-refractivity contribution in [3.63, 3.8) is 0 Å². The first-order valence-corrected chi connectivity index (χ1v) is 8.52. The number of unbranched alkanes of at least 4 members (excludes halogenated alkanes) is 1. The zero-order valence-electron chi connectivity index (χ0n) is 14.5. The van der Waals surface area contributed by atoms with E-state index in [4.69, 9.17) is 0 Å². The third-order valence-corrected chi connectivity index (χ3v) is 4.19. The lowest BCUT2D eigenvalue weighted by Gasteiger charge is -2.22. The Morgan fingerprint density at radius 3 is 2.71 bits per heavy atom. The minimum absolute atomic E-state index is 0. The second kappa shape index (κ2) is 10.3. The van der Waals surface area contributed by atoms with Gasteiger partial charge in [0.15, 0.2) is 0 Å². The van der Waals surface area contributed by atoms with E-state index in [9.17, 15) is 9.59 Å². The van der Waals surface area contributed by atoms with Gasteiger partial charge in [0, 0.05) is 24.3 Å². The summed E-state index contributed by atoms with van der Waals surface area (Å²) < 4.78 is 0. The lowest BCUT2D eigenvalue weighted by atomic mass is 9.98. The van der Waals surface area contributed by atoms with Crippen LogP contribution in [0.2, 0.25) is 0 Å². The third kappa shape index (κ3) is 6.13. The summed E-state index contributed by atoms with van der Waals surface area (Å²) in [6, 6.07) is 5.61. The Bertz CT molecular complexity index is 557. The van der Waals surface area contributed by atoms with Gasteiger partial charge in [0.2, 0.25) is 11.8 Å². The summed E-state index contributed by atoms with van der Waals surface area (Å²) in [6.45, 7) is 5.75. The Balaban J connectivity index is 0.00000288. The molecule has 0 aromatic heterocycles. The minimum atomic E-state index is 0. The van der Waals surface area contributed by atoms with E-state index in [1.54, 1.807) is 0 Å². The van der Waals surface area contributed by atoms with Crippen LogP contribution in [-0.2, 0) is 9.59 Å². The number of nitrogens with one attached hydrogen (secondary N) is 3. The molecule has 1 aliphatic rings. The number of hydrogen-bond donors (Lipinski definition) is 3. The van der Waals surface area contributed by atoms with Crippen molar-refractivity contribution in [2.24, 2.45) is 5.92 Å². The lowest BCUT2D eigenvalue weighted by Crippen LogP contribution is -2.37. The largest absolute Gasteiger partial charge is 0.326 e. The molecule has 6 heteroatoms. The van der Waals surface area contributed by atoms with E-state index in [2.05, 4.69) is 22.9 Å². The number of piperidine rings is 1. The van der Waals surface area contributed by atoms with Crippen LogP contribution in [0.5, 0.6) is 0 Å². The van der Waals surface area contributed by atoms with Gasteiger partial charge in [-0.1, -0.05) is 13.3 Å². The summed E-state index contributed by atoms with van der Waals surface area (Å²) in [5.41, 5.74) is 2.54. The SMILES string of the molecule is CCCCC(=O)Nc1ccc(NC(=O)[C@H]2CCCNC2)cc1C.Cl. The highest BCUT2D eigenvalue weighted by Crippen LogP contribution is 2.21. The minimum Gasteiger partial charge on any atom is -0.326 e. The van der Waals surface area contributed by atoms with Crippen LogP contribution in [0.4, 0.5) is 11.4 Å². The molecule has 1 aromatic carbocycles. The lowest BCUT2D eigenvalue weighted by molar-refractivity contribution is -0.120. The Morgan fingerprint density at radius 1 is 1.29 bits per heavy atom. The number of amides is 2. The fraction of sp³-hybridized carbons (Fsp3) is 0.556. The highest BCUT2D eigenvalue weighted by Gasteiger charge is 2.20. The van der Waals surface area contributed by atoms with Gasteiger partial charge in [-0.25, -0.2) is 0 Å². The quantitative estimate of drug-likeness (QED) is 0.733. The van der Waals surface area contributed by atoms with Crippen LogP contribution in [-0.4, -0.2) is 24.9 Å². The van der Waals surface area contributed by atoms with Crippen LogP contribution in [0.25, 0.3) is 0 Å². The highest BCUT2D eigenvalue weighted by atomic mass is 35.5. The zero-order valence-corrected chi connectivity index (χ0v) is 15.3. The van der Waals surface area contributed by atoms with Gasteiger partial charge in [0.05, 0.1) is 5.92 Å². The van der Waals surface area contributed by atoms with E-state index in [0.717, 1.165) is 55.7 Å². The molecule has 0 unspecified atom stereocenters. The van der Waals surface area contributed by atoms with Gasteiger partial charge in [0.1, 0.15) is 0 Å². The smallest absolute Gasteiger partial charge is 0.228 e. The average Bonchev–Trinajstić information content (AvgIpc) is 2.56. The second-order valence-corrected chi connectivity index (χ2v) is 6.21. The maximum atomic E-state index is 12.2. The number of carbonyl (C=O) groups excluding carboxylic acids is 2. The number of hydrogen-bond acceptors (Lipinski definition) is 3. The molecule has 1 saturated heterocycles. The predicted octanol–water partition coefficient (Wildman–Crippen LogP) is 3.48. The van der Waals surface area contributed by atoms with E-state index in [-0.39, 0.29) is 30.1 Å². The van der Waals surface area contributed by atoms with E-state index in [0.29, 0.717) is 6.42 Å². The molecule has 1 fully saturated rings. The van der Waals surface area contributed by atoms with Crippen LogP contribution in [0.3, 0.4) is 0 Å². The molecule has 0 saturated carbocycles. The first-order valence-electron chi connectivity index (χ1n) is 8.52. The van der Waals surface area contributed by atoms with Crippen molar-refractivity contribution in [2.45, 2.75) is 46.0 Å². The fourth-order valence-electron chi connectivity index (χ4n) is 2.75. The summed E-state index contributed by atoms with van der Waals surface area (Å²) in [5.74, 6) is 0.147. The van der Waals surface area contributed by atoms with Crippen molar-refractivity contribution >= 4 is 35.6 Å². The maximum Gasteiger partial charge on any atom is 0.228 e. The molecular weight excluding hydrogens is 326 g/mol. The highest BCUT2D eigenvalue weighted by molar-refractivity contribution is 5.94. The maximum absolute atomic E-state index is 12.2. The summed E-state index contributed by atoms with van der Waals surface area (Å²) in [5, 5.41) is 9.15. The summed E-state index contributed by atoms with van der Waals surface area (Å²) in [7, 11) is 0. The molecule has 2 rings (SSSR count). The predicted molar refractivity (Wildman–Crippen MR) is 101 cm³/mol. The number of anilines is 2. The van der Waals surface area contributed by atoms with Gasteiger partial charge in [-0.15, -0.1) is 12.4 Å². The van der Waals surface area contributed by atoms with Crippen molar-refractivity contribution in [1.82, 2.24) is 5.32 Å². The van der Waals surface area contributed by atoms with E-state index >= 15 is 0 Å². The third-order valence-electron chi connectivity index (χ3n) is 4.19. The normalized spacial score (nSPS) is 16.8. The molecule has 1 atom stereocenters. The molecule has 0 aliphatic carbocycles. The molecule has 1 aliphatic heterocycles. The average molecular weight is 354 g/mol. The molecule has 0 radical (unpaired) electrons. The monoisotopic (exact) mass is 353 g/mol. The fourth-order valence-corrected chi connectivity index (χ4v) is 2.75. The van der Waals surface area contributed by atoms with Gasteiger partial charge >= 0.3 is 0 Å². The molecular formula is C18H28ClN3O2. The Kier molecular flexibility index (Phi) is 8.79. The van der Waals surface area contributed by atoms with Gasteiger partial charge in [-0.05, 0) is 56.5 Å². The van der Waals surface area contributed by atoms with Crippen molar-refractivity contribution in [2.75, 3.05) is 23.7 Å². The zero-order chi connectivity index (χ0) is 16.7. The van der Waals surface area contributed by atoms with Gasteiger partial charge in [-0.2, -0.15) is 0 Å². The van der Waals surface area contributed by atoms with E-state index in [1.165, 1.54) is 0 Å². The van der Waals surface area contributed by atoms with Gasteiger partial charge in [-0.3, -0.25) is 9.59 Å². The topological polar surface area (TPSA) is 70.2 Å². The van der Waals surface area contributed by atoms with Crippen LogP contribution < -0.4 is 16.0 Å². The van der Waals surface area contributed by atoms with E-state index < -0.39 is 0 Å². The molecule has 24 heavy (non-hydrogen) atoms. The van der Waals surface area contributed by atoms with Crippen molar-refractivity contribution < 1.29 is 9.59 Å². The van der Waals surface area contributed by atoms with Crippen molar-refractivity contribution in [3.05, 3.63) is 23.8 Å². The summed E-state index contributed by atoms with van der Waals surface area (Å²) >= 11 is 0. The van der Waals surface area contributed by atoms with Crippen molar-refractivity contribution in [3.8, 4) is 0 Å². The molecule has 3 N–H and O–H groups in total. The molecule has 1 heterocycles. The number of halogens is 1. The van der Waals surface area contributed by atoms with Gasteiger partial charge in [0.25, 0.3) is 0 Å². The molecule has 0 bridgehead atoms. The second-order valence-electron chi connectivity index (χ2n) is 6.21. The first-order chi connectivity index (χ1) is 11.1. The Morgan fingerprint density at radius 2 is 2.08 bits per heavy atom. The molecule has 1 aromatic rings. The van der Waals surface area contributed by atoms with Crippen LogP contribution >= 0.6 is 12.4 Å². The van der Waals surface area contributed by atoms with Crippen LogP contribution in [0.1, 0.15) is 44.6 Å². The summed E-state index contributed by atoms with van der Waals surface area (Å²) in [4.78, 5) is 24.0. The molecule has 2 amide bonds.